The van der Waals surface area contributed by atoms with Crippen LogP contribution in [-0.4, -0.2) is 21.1 Å². The second-order valence-corrected chi connectivity index (χ2v) is 7.29. The molecule has 3 rings (SSSR count). The Hall–Kier alpha value is -3.28. The van der Waals surface area contributed by atoms with E-state index in [0.717, 1.165) is 5.56 Å². The van der Waals surface area contributed by atoms with Gasteiger partial charge in [-0.05, 0) is 52.9 Å². The van der Waals surface area contributed by atoms with Gasteiger partial charge < -0.3 is 10.6 Å². The molecule has 1 aromatic carbocycles. The van der Waals surface area contributed by atoms with Crippen molar-refractivity contribution in [3.63, 3.8) is 0 Å². The molecule has 3 aromatic rings. The Morgan fingerprint density at radius 2 is 1.52 bits per heavy atom. The Kier molecular flexibility index (Phi) is 5.45. The predicted molar refractivity (Wildman–Crippen MR) is 107 cm³/mol. The van der Waals surface area contributed by atoms with Crippen LogP contribution in [-0.2, 0) is 12.0 Å². The molecule has 2 heterocycles. The number of nitrogens with one attached hydrogen (secondary N) is 2. The van der Waals surface area contributed by atoms with Crippen LogP contribution in [0, 0.1) is 0 Å². The summed E-state index contributed by atoms with van der Waals surface area (Å²) in [4.78, 5) is 16.4. The molecule has 0 aliphatic rings. The Morgan fingerprint density at radius 3 is 2.11 bits per heavy atom. The second kappa shape index (κ2) is 7.95. The number of amides is 1. The molecule has 27 heavy (non-hydrogen) atoms. The first-order chi connectivity index (χ1) is 12.9. The molecule has 1 amide bonds. The highest BCUT2D eigenvalue weighted by Gasteiger charge is 2.14. The third kappa shape index (κ3) is 5.10. The zero-order valence-electron chi connectivity index (χ0n) is 15.7. The molecule has 0 atom stereocenters. The zero-order valence-corrected chi connectivity index (χ0v) is 15.7. The van der Waals surface area contributed by atoms with Crippen molar-refractivity contribution in [1.82, 2.24) is 15.2 Å². The highest BCUT2D eigenvalue weighted by atomic mass is 16.1. The highest BCUT2D eigenvalue weighted by molar-refractivity contribution is 6.03. The Labute approximate surface area is 159 Å². The molecule has 6 nitrogen and oxygen atoms in total. The monoisotopic (exact) mass is 361 g/mol. The maximum atomic E-state index is 12.4. The van der Waals surface area contributed by atoms with Crippen LogP contribution in [0.15, 0.2) is 60.9 Å². The van der Waals surface area contributed by atoms with Crippen molar-refractivity contribution >= 4 is 17.5 Å². The van der Waals surface area contributed by atoms with Crippen LogP contribution in [0.5, 0.6) is 0 Å². The number of anilines is 2. The van der Waals surface area contributed by atoms with Crippen LogP contribution < -0.4 is 10.6 Å². The second-order valence-electron chi connectivity index (χ2n) is 7.29. The Morgan fingerprint density at radius 1 is 0.889 bits per heavy atom. The fourth-order valence-corrected chi connectivity index (χ4v) is 2.50. The van der Waals surface area contributed by atoms with Crippen LogP contribution in [0.25, 0.3) is 0 Å². The summed E-state index contributed by atoms with van der Waals surface area (Å²) in [6.07, 6.45) is 3.49. The van der Waals surface area contributed by atoms with Crippen molar-refractivity contribution in [2.45, 2.75) is 32.7 Å². The van der Waals surface area contributed by atoms with Gasteiger partial charge in [0.1, 0.15) is 5.82 Å². The van der Waals surface area contributed by atoms with Crippen LogP contribution in [0.1, 0.15) is 42.3 Å². The molecule has 0 radical (unpaired) electrons. The third-order valence-corrected chi connectivity index (χ3v) is 4.14. The van der Waals surface area contributed by atoms with E-state index in [1.165, 1.54) is 5.56 Å². The zero-order chi connectivity index (χ0) is 19.3. The first kappa shape index (κ1) is 18.5. The van der Waals surface area contributed by atoms with Crippen LogP contribution in [0.3, 0.4) is 0 Å². The first-order valence-electron chi connectivity index (χ1n) is 8.80. The van der Waals surface area contributed by atoms with E-state index in [9.17, 15) is 4.79 Å². The molecule has 6 heteroatoms. The van der Waals surface area contributed by atoms with Crippen LogP contribution in [0.2, 0.25) is 0 Å². The van der Waals surface area contributed by atoms with E-state index in [-0.39, 0.29) is 11.3 Å². The fourth-order valence-electron chi connectivity index (χ4n) is 2.50. The Balaban J connectivity index is 1.58. The summed E-state index contributed by atoms with van der Waals surface area (Å²) in [6, 6.07) is 15.0. The smallest absolute Gasteiger partial charge is 0.256 e. The number of carbonyl (C=O) groups excluding carboxylic acids is 1. The van der Waals surface area contributed by atoms with Gasteiger partial charge in [-0.15, -0.1) is 10.2 Å². The van der Waals surface area contributed by atoms with E-state index in [2.05, 4.69) is 46.6 Å². The molecule has 2 N–H and O–H groups in total. The maximum Gasteiger partial charge on any atom is 0.256 e. The fraction of sp³-hybridized carbons (Fsp3) is 0.238. The number of hydrogen-bond donors (Lipinski definition) is 2. The molecule has 2 aromatic heterocycles. The van der Waals surface area contributed by atoms with E-state index in [1.54, 1.807) is 24.5 Å². The van der Waals surface area contributed by atoms with E-state index < -0.39 is 0 Å². The summed E-state index contributed by atoms with van der Waals surface area (Å²) >= 11 is 0. The highest BCUT2D eigenvalue weighted by Crippen LogP contribution is 2.22. The lowest BCUT2D eigenvalue weighted by molar-refractivity contribution is 0.102. The lowest BCUT2D eigenvalue weighted by atomic mass is 9.87. The summed E-state index contributed by atoms with van der Waals surface area (Å²) in [5.74, 6) is 0.843. The minimum absolute atomic E-state index is 0.0551. The van der Waals surface area contributed by atoms with E-state index >= 15 is 0 Å². The molecule has 138 valence electrons. The van der Waals surface area contributed by atoms with Crippen molar-refractivity contribution in [3.8, 4) is 0 Å². The van der Waals surface area contributed by atoms with Crippen LogP contribution >= 0.6 is 0 Å². The lowest BCUT2D eigenvalue weighted by Gasteiger charge is -2.19. The Bertz CT molecular complexity index is 885. The van der Waals surface area contributed by atoms with Gasteiger partial charge in [-0.2, -0.15) is 0 Å². The molecule has 0 spiro atoms. The summed E-state index contributed by atoms with van der Waals surface area (Å²) in [7, 11) is 0. The minimum atomic E-state index is -0.206. The van der Waals surface area contributed by atoms with Crippen molar-refractivity contribution in [2.24, 2.45) is 0 Å². The molecule has 0 bridgehead atoms. The minimum Gasteiger partial charge on any atom is -0.365 e. The molecule has 0 aliphatic carbocycles. The number of aromatic nitrogens is 3. The molecular weight excluding hydrogens is 338 g/mol. The van der Waals surface area contributed by atoms with Gasteiger partial charge in [0.2, 0.25) is 0 Å². The normalized spacial score (nSPS) is 11.1. The predicted octanol–water partition coefficient (Wildman–Crippen LogP) is 4.03. The van der Waals surface area contributed by atoms with Crippen molar-refractivity contribution in [3.05, 3.63) is 77.6 Å². The molecule has 0 aliphatic heterocycles. The standard InChI is InChI=1S/C21H23N5O/c1-21(2,3)17-6-4-16(5-7-17)20(27)24-19-9-8-18(25-26-19)23-14-15-10-12-22-13-11-15/h4-13H,14H2,1-3H3,(H,23,25)(H,24,26,27). The van der Waals surface area contributed by atoms with Gasteiger partial charge in [0.05, 0.1) is 0 Å². The largest absolute Gasteiger partial charge is 0.365 e. The number of carbonyl (C=O) groups is 1. The lowest BCUT2D eigenvalue weighted by Crippen LogP contribution is -2.15. The van der Waals surface area contributed by atoms with Gasteiger partial charge in [0.25, 0.3) is 5.91 Å². The molecule has 0 saturated carbocycles. The number of hydrogen-bond acceptors (Lipinski definition) is 5. The first-order valence-corrected chi connectivity index (χ1v) is 8.80. The number of rotatable bonds is 5. The summed E-state index contributed by atoms with van der Waals surface area (Å²) in [6.45, 7) is 7.05. The number of pyridine rings is 1. The number of nitrogens with zero attached hydrogens (tertiary/aromatic N) is 3. The SMILES string of the molecule is CC(C)(C)c1ccc(C(=O)Nc2ccc(NCc3ccncc3)nn2)cc1. The molecular formula is C21H23N5O. The van der Waals surface area contributed by atoms with Gasteiger partial charge in [-0.3, -0.25) is 9.78 Å². The van der Waals surface area contributed by atoms with Gasteiger partial charge in [0.15, 0.2) is 5.82 Å². The van der Waals surface area contributed by atoms with Crippen LogP contribution in [0.4, 0.5) is 11.6 Å². The van der Waals surface area contributed by atoms with Gasteiger partial charge in [0, 0.05) is 24.5 Å². The molecule has 0 unspecified atom stereocenters. The number of benzene rings is 1. The van der Waals surface area contributed by atoms with Gasteiger partial charge in [-0.25, -0.2) is 0 Å². The van der Waals surface area contributed by atoms with Crippen molar-refractivity contribution in [2.75, 3.05) is 10.6 Å². The summed E-state index contributed by atoms with van der Waals surface area (Å²) < 4.78 is 0. The topological polar surface area (TPSA) is 79.8 Å². The molecule has 0 fully saturated rings. The quantitative estimate of drug-likeness (QED) is 0.717. The van der Waals surface area contributed by atoms with Crippen molar-refractivity contribution in [1.29, 1.82) is 0 Å². The average Bonchev–Trinajstić information content (AvgIpc) is 2.68. The van der Waals surface area contributed by atoms with E-state index in [4.69, 9.17) is 0 Å². The third-order valence-electron chi connectivity index (χ3n) is 4.14. The van der Waals surface area contributed by atoms with E-state index in [0.29, 0.717) is 23.7 Å². The molecule has 0 saturated heterocycles. The van der Waals surface area contributed by atoms with Gasteiger partial charge in [-0.1, -0.05) is 32.9 Å². The van der Waals surface area contributed by atoms with E-state index in [1.807, 2.05) is 36.4 Å². The summed E-state index contributed by atoms with van der Waals surface area (Å²) in [5, 5.41) is 14.1. The average molecular weight is 361 g/mol. The summed E-state index contributed by atoms with van der Waals surface area (Å²) in [5.41, 5.74) is 2.93. The van der Waals surface area contributed by atoms with Gasteiger partial charge >= 0.3 is 0 Å². The maximum absolute atomic E-state index is 12.4. The van der Waals surface area contributed by atoms with Crippen molar-refractivity contribution < 1.29 is 4.79 Å².